The van der Waals surface area contributed by atoms with Gasteiger partial charge in [-0.1, -0.05) is 201 Å². The first kappa shape index (κ1) is 58.3. The van der Waals surface area contributed by atoms with Crippen molar-refractivity contribution in [3.05, 3.63) is 17.7 Å². The molecule has 63 heavy (non-hydrogen) atoms. The molecule has 0 saturated carbocycles. The van der Waals surface area contributed by atoms with Crippen LogP contribution in [-0.2, 0) is 14.9 Å². The van der Waals surface area contributed by atoms with Crippen LogP contribution in [-0.4, -0.2) is 63.8 Å². The molecule has 0 aliphatic rings. The van der Waals surface area contributed by atoms with Gasteiger partial charge in [0.25, 0.3) is 10.1 Å². The Kier molecular flexibility index (Phi) is 38.8. The van der Waals surface area contributed by atoms with Crippen molar-refractivity contribution in [2.75, 3.05) is 38.8 Å². The molecule has 0 amide bonds. The molecule has 12 heteroatoms. The summed E-state index contributed by atoms with van der Waals surface area (Å²) in [6, 6.07) is 2.74. The maximum atomic E-state index is 13.5. The second-order valence-corrected chi connectivity index (χ2v) is 19.0. The van der Waals surface area contributed by atoms with Crippen molar-refractivity contribution >= 4 is 22.1 Å². The van der Waals surface area contributed by atoms with Crippen LogP contribution in [0, 0.1) is 0 Å². The molecule has 0 spiro atoms. The van der Waals surface area contributed by atoms with Gasteiger partial charge in [-0.3, -0.25) is 9.55 Å². The lowest BCUT2D eigenvalue weighted by atomic mass is 10.1. The molecule has 2 N–H and O–H groups in total. The number of carbonyl (C=O) groups excluding carboxylic acids is 1. The van der Waals surface area contributed by atoms with Gasteiger partial charge in [0.1, 0.15) is 0 Å². The summed E-state index contributed by atoms with van der Waals surface area (Å²) in [5.74, 6) is 0.266. The quantitative estimate of drug-likeness (QED) is 0.0212. The first-order chi connectivity index (χ1) is 30.7. The van der Waals surface area contributed by atoms with Gasteiger partial charge in [-0.25, -0.2) is 4.79 Å². The van der Waals surface area contributed by atoms with Gasteiger partial charge in [0.2, 0.25) is 5.75 Å². The van der Waals surface area contributed by atoms with Crippen LogP contribution in [0.25, 0.3) is 0 Å². The fourth-order valence-corrected chi connectivity index (χ4v) is 7.86. The highest BCUT2D eigenvalue weighted by Crippen LogP contribution is 2.40. The number of ether oxygens (including phenoxy) is 4. The zero-order valence-corrected chi connectivity index (χ0v) is 41.3. The number of nitrogens with zero attached hydrogens (tertiary/aromatic N) is 1. The van der Waals surface area contributed by atoms with E-state index in [-0.39, 0.29) is 6.61 Å². The summed E-state index contributed by atoms with van der Waals surface area (Å²) in [5, 5.41) is 14.1. The topological polar surface area (TPSA) is 156 Å². The maximum Gasteiger partial charge on any atom is 0.338 e. The van der Waals surface area contributed by atoms with E-state index in [1.54, 1.807) is 12.1 Å². The number of hydrogen-bond acceptors (Lipinski definition) is 9. The average Bonchev–Trinajstić information content (AvgIpc) is 3.26. The van der Waals surface area contributed by atoms with Gasteiger partial charge in [0.15, 0.2) is 17.4 Å². The molecule has 0 heterocycles. The summed E-state index contributed by atoms with van der Waals surface area (Å²) in [5.41, 5.74) is 0.383. The molecule has 0 radical (unpaired) electrons. The van der Waals surface area contributed by atoms with Gasteiger partial charge >= 0.3 is 5.97 Å². The van der Waals surface area contributed by atoms with Crippen LogP contribution in [0.4, 0.5) is 0 Å². The molecular weight excluding hydrogens is 817 g/mol. The van der Waals surface area contributed by atoms with Crippen LogP contribution < -0.4 is 24.6 Å². The largest absolute Gasteiger partial charge is 0.846 e. The van der Waals surface area contributed by atoms with Crippen molar-refractivity contribution in [3.8, 4) is 17.2 Å². The van der Waals surface area contributed by atoms with Gasteiger partial charge in [0.05, 0.1) is 32.0 Å². The Morgan fingerprint density at radius 1 is 0.524 bits per heavy atom. The summed E-state index contributed by atoms with van der Waals surface area (Å²) in [6.45, 7) is 8.98. The van der Waals surface area contributed by atoms with Crippen molar-refractivity contribution in [1.82, 2.24) is 5.32 Å². The van der Waals surface area contributed by atoms with E-state index in [9.17, 15) is 18.3 Å². The second-order valence-electron chi connectivity index (χ2n) is 17.5. The molecule has 368 valence electrons. The van der Waals surface area contributed by atoms with Crippen LogP contribution in [0.15, 0.2) is 17.1 Å². The summed E-state index contributed by atoms with van der Waals surface area (Å²) in [6.07, 6.45) is 40.1. The van der Waals surface area contributed by atoms with Gasteiger partial charge in [0, 0.05) is 12.6 Å². The molecule has 0 saturated heterocycles. The Morgan fingerprint density at radius 3 is 1.24 bits per heavy atom. The number of hydrogen-bond donors (Lipinski definition) is 2. The Morgan fingerprint density at radius 2 is 0.857 bits per heavy atom. The number of aliphatic imine (C=N–C) groups is 1. The van der Waals surface area contributed by atoms with E-state index in [0.717, 1.165) is 51.4 Å². The zero-order chi connectivity index (χ0) is 45.9. The van der Waals surface area contributed by atoms with E-state index in [4.69, 9.17) is 23.5 Å². The van der Waals surface area contributed by atoms with E-state index in [1.807, 2.05) is 0 Å². The second kappa shape index (κ2) is 41.9. The fraction of sp³-hybridized carbons (Fsp3) is 0.843. The maximum absolute atomic E-state index is 13.5. The normalized spacial score (nSPS) is 11.8. The van der Waals surface area contributed by atoms with E-state index >= 15 is 0 Å². The monoisotopic (exact) mass is 910 g/mol. The summed E-state index contributed by atoms with van der Waals surface area (Å²) < 4.78 is 55.4. The molecule has 0 fully saturated rings. The zero-order valence-electron chi connectivity index (χ0n) is 40.5. The highest BCUT2D eigenvalue weighted by Gasteiger charge is 2.20. The minimum atomic E-state index is -4.32. The predicted octanol–water partition coefficient (Wildman–Crippen LogP) is 13.5. The predicted molar refractivity (Wildman–Crippen MR) is 259 cm³/mol. The van der Waals surface area contributed by atoms with Crippen molar-refractivity contribution in [1.29, 1.82) is 0 Å². The standard InChI is InChI=1S/C51H94N2O9S/c1-4-7-10-13-16-19-22-25-29-34-39-59-47-43-46(50(54)62-42-37-32-28-33-38-52-51(55)53-45-63(56,57)58)44-48(60-40-35-30-26-23-20-17-14-11-8-5-2)49(47)61-41-36-31-27-24-21-18-15-12-9-6-3/h43-44H,4-42,45H2,1-3H3,(H2,52,53,55)(H,56,57,58)/p-1. The molecule has 0 aliphatic heterocycles. The Bertz CT molecular complexity index is 1310. The third-order valence-corrected chi connectivity index (χ3v) is 11.9. The molecule has 0 aliphatic carbocycles. The van der Waals surface area contributed by atoms with Crippen molar-refractivity contribution in [2.45, 2.75) is 239 Å². The van der Waals surface area contributed by atoms with Crippen LogP contribution in [0.5, 0.6) is 17.2 Å². The first-order valence-corrected chi connectivity index (χ1v) is 27.5. The molecule has 0 unspecified atom stereocenters. The number of esters is 1. The van der Waals surface area contributed by atoms with E-state index in [1.165, 1.54) is 154 Å². The Hall–Kier alpha value is -2.73. The smallest absolute Gasteiger partial charge is 0.338 e. The van der Waals surface area contributed by atoms with Crippen LogP contribution in [0.1, 0.15) is 249 Å². The molecule has 1 aromatic rings. The van der Waals surface area contributed by atoms with Crippen molar-refractivity contribution in [2.24, 2.45) is 4.99 Å². The van der Waals surface area contributed by atoms with Crippen LogP contribution in [0.2, 0.25) is 0 Å². The molecule has 0 bridgehead atoms. The minimum absolute atomic E-state index is 0.246. The van der Waals surface area contributed by atoms with Crippen LogP contribution >= 0.6 is 0 Å². The molecule has 0 aromatic heterocycles. The minimum Gasteiger partial charge on any atom is -0.846 e. The van der Waals surface area contributed by atoms with E-state index in [2.05, 4.69) is 31.1 Å². The van der Waals surface area contributed by atoms with E-state index in [0.29, 0.717) is 62.0 Å². The Balaban J connectivity index is 2.90. The molecule has 11 nitrogen and oxygen atoms in total. The lowest BCUT2D eigenvalue weighted by molar-refractivity contribution is -0.221. The molecule has 1 aromatic carbocycles. The third kappa shape index (κ3) is 36.2. The Labute approximate surface area is 385 Å². The summed E-state index contributed by atoms with van der Waals surface area (Å²) in [4.78, 5) is 16.8. The van der Waals surface area contributed by atoms with Gasteiger partial charge in [-0.2, -0.15) is 8.42 Å². The average molecular weight is 910 g/mol. The number of amidine groups is 1. The number of unbranched alkanes of at least 4 members (excludes halogenated alkanes) is 30. The lowest BCUT2D eigenvalue weighted by Gasteiger charge is -2.19. The van der Waals surface area contributed by atoms with Gasteiger partial charge in [-0.15, -0.1) is 0 Å². The van der Waals surface area contributed by atoms with Gasteiger partial charge < -0.3 is 29.4 Å². The first-order valence-electron chi connectivity index (χ1n) is 25.9. The lowest BCUT2D eigenvalue weighted by Crippen LogP contribution is -2.36. The highest BCUT2D eigenvalue weighted by molar-refractivity contribution is 7.85. The number of rotatable bonds is 46. The number of nitrogens with one attached hydrogen (secondary N) is 1. The molecule has 0 atom stereocenters. The third-order valence-electron chi connectivity index (χ3n) is 11.5. The summed E-state index contributed by atoms with van der Waals surface area (Å²) in [7, 11) is -4.32. The SMILES string of the molecule is CCCCCCCCCCCCOc1cc(C(=O)OCCCCCCNC([O-])=NCS(=O)(=O)O)cc(OCCCCCCCCCCCC)c1OCCCCCCCCCCCC. The number of benzene rings is 1. The summed E-state index contributed by atoms with van der Waals surface area (Å²) >= 11 is 0. The molecule has 1 rings (SSSR count). The fourth-order valence-electron chi connectivity index (χ4n) is 7.58. The van der Waals surface area contributed by atoms with Crippen molar-refractivity contribution in [3.63, 3.8) is 0 Å². The van der Waals surface area contributed by atoms with E-state index < -0.39 is 28.0 Å². The van der Waals surface area contributed by atoms with Crippen LogP contribution in [0.3, 0.4) is 0 Å². The highest BCUT2D eigenvalue weighted by atomic mass is 32.2. The number of carbonyl (C=O) groups is 1. The van der Waals surface area contributed by atoms with Crippen molar-refractivity contribution < 1.29 is 41.8 Å². The van der Waals surface area contributed by atoms with Gasteiger partial charge in [-0.05, 0) is 50.7 Å². The molecular formula is C51H93N2O9S-.